The van der Waals surface area contributed by atoms with Crippen LogP contribution in [0.15, 0.2) is 0 Å². The molecule has 1 unspecified atom stereocenters. The zero-order valence-electron chi connectivity index (χ0n) is 11.5. The highest BCUT2D eigenvalue weighted by Crippen LogP contribution is 2.12. The third kappa shape index (κ3) is 5.71. The van der Waals surface area contributed by atoms with E-state index in [1.807, 2.05) is 0 Å². The zero-order chi connectivity index (χ0) is 12.5. The maximum Gasteiger partial charge on any atom is 0.168 e. The van der Waals surface area contributed by atoms with Gasteiger partial charge in [-0.3, -0.25) is 0 Å². The second-order valence-electron chi connectivity index (χ2n) is 5.15. The number of hydrogen-bond acceptors (Lipinski definition) is 1. The highest BCUT2D eigenvalue weighted by molar-refractivity contribution is 7.80. The van der Waals surface area contributed by atoms with Crippen molar-refractivity contribution in [1.29, 1.82) is 0 Å². The van der Waals surface area contributed by atoms with Gasteiger partial charge in [0.2, 0.25) is 0 Å². The average Bonchev–Trinajstić information content (AvgIpc) is 2.39. The average molecular weight is 256 g/mol. The summed E-state index contributed by atoms with van der Waals surface area (Å²) in [5, 5.41) is 4.46. The molecule has 2 nitrogen and oxygen atoms in total. The molecule has 1 atom stereocenters. The fraction of sp³-hybridized carbons (Fsp3) is 0.929. The van der Waals surface area contributed by atoms with Crippen molar-refractivity contribution >= 4 is 17.3 Å². The molecule has 1 rings (SSSR count). The zero-order valence-corrected chi connectivity index (χ0v) is 12.3. The van der Waals surface area contributed by atoms with Gasteiger partial charge in [0, 0.05) is 19.6 Å². The van der Waals surface area contributed by atoms with Crippen LogP contribution in [-0.4, -0.2) is 29.6 Å². The van der Waals surface area contributed by atoms with Crippen LogP contribution in [-0.2, 0) is 0 Å². The Balaban J connectivity index is 2.20. The second-order valence-corrected chi connectivity index (χ2v) is 5.54. The molecule has 0 radical (unpaired) electrons. The Morgan fingerprint density at radius 1 is 1.24 bits per heavy atom. The van der Waals surface area contributed by atoms with E-state index >= 15 is 0 Å². The van der Waals surface area contributed by atoms with E-state index in [1.54, 1.807) is 0 Å². The van der Waals surface area contributed by atoms with Gasteiger partial charge in [0.15, 0.2) is 5.11 Å². The molecule has 0 saturated carbocycles. The van der Waals surface area contributed by atoms with Crippen molar-refractivity contribution in [3.8, 4) is 0 Å². The van der Waals surface area contributed by atoms with Crippen LogP contribution in [0.2, 0.25) is 0 Å². The normalized spacial score (nSPS) is 17.9. The predicted molar refractivity (Wildman–Crippen MR) is 79.3 cm³/mol. The Bertz CT molecular complexity index is 212. The Morgan fingerprint density at radius 2 is 1.94 bits per heavy atom. The van der Waals surface area contributed by atoms with Crippen molar-refractivity contribution in [3.63, 3.8) is 0 Å². The van der Waals surface area contributed by atoms with E-state index in [1.165, 1.54) is 44.9 Å². The van der Waals surface area contributed by atoms with E-state index in [9.17, 15) is 0 Å². The molecule has 1 heterocycles. The minimum Gasteiger partial charge on any atom is -0.362 e. The van der Waals surface area contributed by atoms with E-state index in [-0.39, 0.29) is 0 Å². The van der Waals surface area contributed by atoms with Crippen LogP contribution in [0.3, 0.4) is 0 Å². The first-order valence-electron chi connectivity index (χ1n) is 7.30. The molecular formula is C14H28N2S. The molecule has 100 valence electrons. The number of piperidine rings is 1. The number of rotatable bonds is 6. The first-order valence-corrected chi connectivity index (χ1v) is 7.71. The molecule has 1 N–H and O–H groups in total. The molecule has 0 aromatic rings. The Morgan fingerprint density at radius 3 is 2.53 bits per heavy atom. The first-order chi connectivity index (χ1) is 8.27. The smallest absolute Gasteiger partial charge is 0.168 e. The third-order valence-electron chi connectivity index (χ3n) is 3.73. The van der Waals surface area contributed by atoms with Crippen molar-refractivity contribution in [2.45, 2.75) is 58.8 Å². The quantitative estimate of drug-likeness (QED) is 0.732. The number of likely N-dealkylation sites (tertiary alicyclic amines) is 1. The van der Waals surface area contributed by atoms with Gasteiger partial charge in [-0.1, -0.05) is 33.1 Å². The number of nitrogens with zero attached hydrogens (tertiary/aromatic N) is 1. The largest absolute Gasteiger partial charge is 0.362 e. The Labute approximate surface area is 112 Å². The van der Waals surface area contributed by atoms with Crippen molar-refractivity contribution < 1.29 is 0 Å². The summed E-state index contributed by atoms with van der Waals surface area (Å²) in [5.74, 6) is 0.790. The van der Waals surface area contributed by atoms with Crippen LogP contribution in [0.25, 0.3) is 0 Å². The molecule has 1 saturated heterocycles. The van der Waals surface area contributed by atoms with Crippen LogP contribution in [0, 0.1) is 5.92 Å². The van der Waals surface area contributed by atoms with Gasteiger partial charge in [0.25, 0.3) is 0 Å². The van der Waals surface area contributed by atoms with Gasteiger partial charge >= 0.3 is 0 Å². The summed E-state index contributed by atoms with van der Waals surface area (Å²) in [7, 11) is 0. The SMILES string of the molecule is CCCCC(CC)CNC(=S)N1CCCCC1. The molecule has 0 aromatic heterocycles. The number of hydrogen-bond donors (Lipinski definition) is 1. The molecule has 1 fully saturated rings. The lowest BCUT2D eigenvalue weighted by atomic mass is 9.99. The standard InChI is InChI=1S/C14H28N2S/c1-3-5-9-13(4-2)12-15-14(17)16-10-7-6-8-11-16/h13H,3-12H2,1-2H3,(H,15,17). The molecule has 1 aliphatic heterocycles. The number of nitrogens with one attached hydrogen (secondary N) is 1. The monoisotopic (exact) mass is 256 g/mol. The molecule has 0 bridgehead atoms. The topological polar surface area (TPSA) is 15.3 Å². The third-order valence-corrected chi connectivity index (χ3v) is 4.13. The Hall–Kier alpha value is -0.310. The second kappa shape index (κ2) is 8.73. The highest BCUT2D eigenvalue weighted by Gasteiger charge is 2.14. The molecule has 17 heavy (non-hydrogen) atoms. The fourth-order valence-corrected chi connectivity index (χ4v) is 2.65. The molecule has 0 spiro atoms. The number of thiocarbonyl (C=S) groups is 1. The maximum absolute atomic E-state index is 5.47. The van der Waals surface area contributed by atoms with E-state index in [0.717, 1.165) is 30.7 Å². The van der Waals surface area contributed by atoms with Crippen LogP contribution < -0.4 is 5.32 Å². The lowest BCUT2D eigenvalue weighted by Crippen LogP contribution is -2.44. The van der Waals surface area contributed by atoms with Gasteiger partial charge in [0.1, 0.15) is 0 Å². The van der Waals surface area contributed by atoms with Crippen molar-refractivity contribution in [3.05, 3.63) is 0 Å². The molecule has 0 aliphatic carbocycles. The van der Waals surface area contributed by atoms with Crippen LogP contribution in [0.1, 0.15) is 58.8 Å². The van der Waals surface area contributed by atoms with Gasteiger partial charge in [-0.05, 0) is 43.8 Å². The van der Waals surface area contributed by atoms with E-state index < -0.39 is 0 Å². The van der Waals surface area contributed by atoms with Crippen molar-refractivity contribution in [2.75, 3.05) is 19.6 Å². The lowest BCUT2D eigenvalue weighted by Gasteiger charge is -2.30. The van der Waals surface area contributed by atoms with E-state index in [4.69, 9.17) is 12.2 Å². The molecule has 1 aliphatic rings. The van der Waals surface area contributed by atoms with Gasteiger partial charge < -0.3 is 10.2 Å². The summed E-state index contributed by atoms with van der Waals surface area (Å²) in [6.07, 6.45) is 9.21. The fourth-order valence-electron chi connectivity index (χ4n) is 2.38. The number of unbranched alkanes of at least 4 members (excludes halogenated alkanes) is 1. The van der Waals surface area contributed by atoms with Crippen LogP contribution >= 0.6 is 12.2 Å². The first kappa shape index (κ1) is 14.7. The van der Waals surface area contributed by atoms with Crippen molar-refractivity contribution in [2.24, 2.45) is 5.92 Å². The van der Waals surface area contributed by atoms with Crippen LogP contribution in [0.5, 0.6) is 0 Å². The predicted octanol–water partition coefficient (Wildman–Crippen LogP) is 3.56. The summed E-state index contributed by atoms with van der Waals surface area (Å²) >= 11 is 5.47. The summed E-state index contributed by atoms with van der Waals surface area (Å²) in [6.45, 7) is 7.91. The Kier molecular flexibility index (Phi) is 7.58. The van der Waals surface area contributed by atoms with E-state index in [0.29, 0.717) is 0 Å². The van der Waals surface area contributed by atoms with Crippen molar-refractivity contribution in [1.82, 2.24) is 10.2 Å². The van der Waals surface area contributed by atoms with Gasteiger partial charge in [0.05, 0.1) is 0 Å². The summed E-state index contributed by atoms with van der Waals surface area (Å²) in [6, 6.07) is 0. The van der Waals surface area contributed by atoms with Gasteiger partial charge in [-0.15, -0.1) is 0 Å². The summed E-state index contributed by atoms with van der Waals surface area (Å²) < 4.78 is 0. The minimum absolute atomic E-state index is 0.790. The lowest BCUT2D eigenvalue weighted by molar-refractivity contribution is 0.333. The summed E-state index contributed by atoms with van der Waals surface area (Å²) in [5.41, 5.74) is 0. The summed E-state index contributed by atoms with van der Waals surface area (Å²) in [4.78, 5) is 2.34. The molecule has 0 aromatic carbocycles. The molecular weight excluding hydrogens is 228 g/mol. The molecule has 0 amide bonds. The minimum atomic E-state index is 0.790. The maximum atomic E-state index is 5.47. The van der Waals surface area contributed by atoms with Gasteiger partial charge in [-0.25, -0.2) is 0 Å². The highest BCUT2D eigenvalue weighted by atomic mass is 32.1. The molecule has 3 heteroatoms. The van der Waals surface area contributed by atoms with E-state index in [2.05, 4.69) is 24.1 Å². The van der Waals surface area contributed by atoms with Crippen LogP contribution in [0.4, 0.5) is 0 Å². The van der Waals surface area contributed by atoms with Gasteiger partial charge in [-0.2, -0.15) is 0 Å².